The Hall–Kier alpha value is -3.43. The third-order valence-corrected chi connectivity index (χ3v) is 6.81. The van der Waals surface area contributed by atoms with E-state index in [2.05, 4.69) is 26.1 Å². The molecule has 9 heteroatoms. The van der Waals surface area contributed by atoms with Crippen molar-refractivity contribution >= 4 is 5.91 Å². The van der Waals surface area contributed by atoms with Gasteiger partial charge in [-0.15, -0.1) is 0 Å². The zero-order chi connectivity index (χ0) is 24.2. The third kappa shape index (κ3) is 5.31. The molecule has 35 heavy (non-hydrogen) atoms. The van der Waals surface area contributed by atoms with Gasteiger partial charge in [-0.05, 0) is 38.1 Å². The topological polar surface area (TPSA) is 92.8 Å². The Morgan fingerprint density at radius 3 is 2.77 bits per heavy atom. The van der Waals surface area contributed by atoms with Crippen molar-refractivity contribution in [1.82, 2.24) is 25.0 Å². The van der Waals surface area contributed by atoms with Crippen LogP contribution in [0.25, 0.3) is 11.3 Å². The quantitative estimate of drug-likeness (QED) is 0.532. The summed E-state index contributed by atoms with van der Waals surface area (Å²) in [6.45, 7) is 6.75. The van der Waals surface area contributed by atoms with Crippen LogP contribution in [0.5, 0.6) is 17.4 Å². The summed E-state index contributed by atoms with van der Waals surface area (Å²) >= 11 is 0. The van der Waals surface area contributed by atoms with Crippen molar-refractivity contribution in [3.05, 3.63) is 54.4 Å². The predicted molar refractivity (Wildman–Crippen MR) is 131 cm³/mol. The third-order valence-electron chi connectivity index (χ3n) is 6.81. The second-order valence-corrected chi connectivity index (χ2v) is 9.00. The molecule has 0 saturated carbocycles. The van der Waals surface area contributed by atoms with Crippen molar-refractivity contribution in [2.75, 3.05) is 46.4 Å². The fourth-order valence-corrected chi connectivity index (χ4v) is 4.59. The van der Waals surface area contributed by atoms with Crippen molar-refractivity contribution in [3.8, 4) is 28.6 Å². The number of ether oxygens (including phenoxy) is 3. The lowest BCUT2D eigenvalue weighted by molar-refractivity contribution is -0.142. The van der Waals surface area contributed by atoms with Gasteiger partial charge in [0.25, 0.3) is 5.91 Å². The lowest BCUT2D eigenvalue weighted by Gasteiger charge is -2.36. The molecule has 2 atom stereocenters. The highest BCUT2D eigenvalue weighted by molar-refractivity contribution is 5.80. The minimum absolute atomic E-state index is 0.0762. The number of pyridine rings is 1. The molecule has 4 heterocycles. The Morgan fingerprint density at radius 2 is 2.06 bits per heavy atom. The molecule has 9 nitrogen and oxygen atoms in total. The molecule has 1 aromatic carbocycles. The molecule has 184 valence electrons. The van der Waals surface area contributed by atoms with E-state index in [1.54, 1.807) is 26.4 Å². The molecule has 1 amide bonds. The molecule has 2 aliphatic rings. The van der Waals surface area contributed by atoms with E-state index < -0.39 is 0 Å². The molecule has 0 bridgehead atoms. The Bertz CT molecular complexity index is 1130. The van der Waals surface area contributed by atoms with Crippen LogP contribution in [0.4, 0.5) is 0 Å². The van der Waals surface area contributed by atoms with E-state index >= 15 is 0 Å². The smallest absolute Gasteiger partial charge is 0.251 e. The number of H-pyrrole nitrogens is 1. The number of fused-ring (bicyclic) bond motifs is 1. The largest absolute Gasteiger partial charge is 0.493 e. The summed E-state index contributed by atoms with van der Waals surface area (Å²) in [7, 11) is 1.58. The van der Waals surface area contributed by atoms with Gasteiger partial charge in [0.15, 0.2) is 0 Å². The Labute approximate surface area is 205 Å². The van der Waals surface area contributed by atoms with Gasteiger partial charge in [-0.2, -0.15) is 5.10 Å². The molecule has 2 aromatic heterocycles. The summed E-state index contributed by atoms with van der Waals surface area (Å²) in [5.74, 6) is 2.55. The summed E-state index contributed by atoms with van der Waals surface area (Å²) in [4.78, 5) is 21.0. The maximum atomic E-state index is 12.3. The van der Waals surface area contributed by atoms with Crippen molar-refractivity contribution in [2.45, 2.75) is 25.4 Å². The number of benzene rings is 1. The number of hydrogen-bond donors (Lipinski definition) is 1. The molecule has 1 saturated heterocycles. The first-order chi connectivity index (χ1) is 17.1. The van der Waals surface area contributed by atoms with Gasteiger partial charge in [-0.3, -0.25) is 14.8 Å². The minimum atomic E-state index is -0.375. The summed E-state index contributed by atoms with van der Waals surface area (Å²) in [6.07, 6.45) is 4.12. The van der Waals surface area contributed by atoms with E-state index in [4.69, 9.17) is 14.2 Å². The number of piperazine rings is 1. The SMILES string of the molecule is COC(C)C(=O)N1CCN(CCC2COc3cc(Oc4ccc(-c5ccn[nH]5)cn4)ccc32)CC1. The number of nitrogens with zero attached hydrogens (tertiary/aromatic N) is 4. The van der Waals surface area contributed by atoms with Gasteiger partial charge < -0.3 is 19.1 Å². The number of nitrogens with one attached hydrogen (secondary N) is 1. The van der Waals surface area contributed by atoms with Gasteiger partial charge in [-0.25, -0.2) is 4.98 Å². The zero-order valence-electron chi connectivity index (χ0n) is 20.1. The van der Waals surface area contributed by atoms with Gasteiger partial charge in [0, 0.05) is 74.9 Å². The first-order valence-corrected chi connectivity index (χ1v) is 12.0. The van der Waals surface area contributed by atoms with Crippen LogP contribution in [0.1, 0.15) is 24.8 Å². The molecule has 0 aliphatic carbocycles. The molecular formula is C26H31N5O4. The van der Waals surface area contributed by atoms with Gasteiger partial charge >= 0.3 is 0 Å². The fraction of sp³-hybridized carbons (Fsp3) is 0.423. The molecular weight excluding hydrogens is 446 g/mol. The normalized spacial score (nSPS) is 18.7. The lowest BCUT2D eigenvalue weighted by Crippen LogP contribution is -2.51. The van der Waals surface area contributed by atoms with E-state index in [9.17, 15) is 4.79 Å². The van der Waals surface area contributed by atoms with Crippen LogP contribution < -0.4 is 9.47 Å². The van der Waals surface area contributed by atoms with Crippen molar-refractivity contribution in [1.29, 1.82) is 0 Å². The lowest BCUT2D eigenvalue weighted by atomic mass is 9.97. The number of methoxy groups -OCH3 is 1. The van der Waals surface area contributed by atoms with Crippen molar-refractivity contribution < 1.29 is 19.0 Å². The average Bonchev–Trinajstić information content (AvgIpc) is 3.58. The van der Waals surface area contributed by atoms with Crippen LogP contribution in [-0.2, 0) is 9.53 Å². The standard InChI is InChI=1S/C26H31N5O4/c1-18(33-2)26(32)31-13-11-30(12-14-31)10-8-20-17-34-24-15-21(4-5-22(20)24)35-25-6-3-19(16-27-25)23-7-9-28-29-23/h3-7,9,15-16,18,20H,8,10-14,17H2,1-2H3,(H,28,29). The highest BCUT2D eigenvalue weighted by atomic mass is 16.5. The van der Waals surface area contributed by atoms with E-state index in [0.29, 0.717) is 24.2 Å². The van der Waals surface area contributed by atoms with Crippen LogP contribution in [-0.4, -0.2) is 83.4 Å². The van der Waals surface area contributed by atoms with Crippen LogP contribution in [0, 0.1) is 0 Å². The van der Waals surface area contributed by atoms with Gasteiger partial charge in [0.2, 0.25) is 5.88 Å². The summed E-state index contributed by atoms with van der Waals surface area (Å²) in [5.41, 5.74) is 3.09. The molecule has 2 aliphatic heterocycles. The number of aromatic nitrogens is 3. The van der Waals surface area contributed by atoms with Crippen molar-refractivity contribution in [2.24, 2.45) is 0 Å². The summed E-state index contributed by atoms with van der Waals surface area (Å²) in [5, 5.41) is 6.89. The van der Waals surface area contributed by atoms with E-state index in [1.165, 1.54) is 5.56 Å². The Morgan fingerprint density at radius 1 is 1.20 bits per heavy atom. The molecule has 0 radical (unpaired) electrons. The maximum Gasteiger partial charge on any atom is 0.251 e. The first-order valence-electron chi connectivity index (χ1n) is 12.0. The highest BCUT2D eigenvalue weighted by Crippen LogP contribution is 2.39. The monoisotopic (exact) mass is 477 g/mol. The molecule has 3 aromatic rings. The average molecular weight is 478 g/mol. The molecule has 1 fully saturated rings. The number of carbonyl (C=O) groups is 1. The fourth-order valence-electron chi connectivity index (χ4n) is 4.59. The van der Waals surface area contributed by atoms with E-state index in [0.717, 1.165) is 56.2 Å². The molecule has 1 N–H and O–H groups in total. The van der Waals surface area contributed by atoms with Crippen LogP contribution in [0.15, 0.2) is 48.8 Å². The molecule has 2 unspecified atom stereocenters. The maximum absolute atomic E-state index is 12.3. The van der Waals surface area contributed by atoms with E-state index in [-0.39, 0.29) is 12.0 Å². The van der Waals surface area contributed by atoms with Gasteiger partial charge in [-0.1, -0.05) is 6.07 Å². The number of aromatic amines is 1. The molecule has 5 rings (SSSR count). The van der Waals surface area contributed by atoms with Gasteiger partial charge in [0.05, 0.1) is 12.3 Å². The Balaban J connectivity index is 1.12. The highest BCUT2D eigenvalue weighted by Gasteiger charge is 2.28. The first kappa shape index (κ1) is 23.3. The summed E-state index contributed by atoms with van der Waals surface area (Å²) < 4.78 is 17.1. The second-order valence-electron chi connectivity index (χ2n) is 9.00. The van der Waals surface area contributed by atoms with Gasteiger partial charge in [0.1, 0.15) is 17.6 Å². The Kier molecular flexibility index (Phi) is 6.96. The van der Waals surface area contributed by atoms with Crippen LogP contribution >= 0.6 is 0 Å². The second kappa shape index (κ2) is 10.5. The minimum Gasteiger partial charge on any atom is -0.493 e. The predicted octanol–water partition coefficient (Wildman–Crippen LogP) is 3.31. The van der Waals surface area contributed by atoms with Crippen LogP contribution in [0.2, 0.25) is 0 Å². The number of hydrogen-bond acceptors (Lipinski definition) is 7. The number of amides is 1. The number of rotatable bonds is 8. The zero-order valence-corrected chi connectivity index (χ0v) is 20.1. The molecule has 0 spiro atoms. The van der Waals surface area contributed by atoms with E-state index in [1.807, 2.05) is 35.2 Å². The van der Waals surface area contributed by atoms with Crippen LogP contribution in [0.3, 0.4) is 0 Å². The number of carbonyl (C=O) groups excluding carboxylic acids is 1. The summed E-state index contributed by atoms with van der Waals surface area (Å²) in [6, 6.07) is 11.7. The van der Waals surface area contributed by atoms with Crippen molar-refractivity contribution in [3.63, 3.8) is 0 Å².